The monoisotopic (exact) mass is 372 g/mol. The fraction of sp³-hybridized carbons (Fsp3) is 0.625. The van der Waals surface area contributed by atoms with Crippen molar-refractivity contribution < 1.29 is 13.2 Å². The predicted octanol–water partition coefficient (Wildman–Crippen LogP) is 4.54. The van der Waals surface area contributed by atoms with E-state index in [0.717, 1.165) is 31.7 Å². The molecule has 0 amide bonds. The van der Waals surface area contributed by atoms with E-state index in [1.165, 1.54) is 12.1 Å². The highest BCUT2D eigenvalue weighted by molar-refractivity contribution is 5.85. The zero-order chi connectivity index (χ0) is 15.7. The Bertz CT molecular complexity index is 464. The molecular weight excluding hydrogens is 348 g/mol. The number of nitrogens with zero attached hydrogens (tertiary/aromatic N) is 1. The summed E-state index contributed by atoms with van der Waals surface area (Å²) in [5, 5.41) is 3.31. The van der Waals surface area contributed by atoms with Crippen molar-refractivity contribution in [2.24, 2.45) is 5.41 Å². The molecule has 0 unspecified atom stereocenters. The van der Waals surface area contributed by atoms with E-state index in [0.29, 0.717) is 0 Å². The Hall–Kier alpha value is -0.490. The van der Waals surface area contributed by atoms with Gasteiger partial charge in [0.25, 0.3) is 0 Å². The first-order valence-electron chi connectivity index (χ1n) is 7.31. The van der Waals surface area contributed by atoms with Crippen molar-refractivity contribution in [2.45, 2.75) is 33.0 Å². The van der Waals surface area contributed by atoms with Crippen molar-refractivity contribution in [3.63, 3.8) is 0 Å². The van der Waals surface area contributed by atoms with Gasteiger partial charge in [-0.3, -0.25) is 4.90 Å². The van der Waals surface area contributed by atoms with Gasteiger partial charge in [-0.15, -0.1) is 24.8 Å². The standard InChI is InChI=1S/C16H23F3N2.2ClH/c1-15(2,3)14(21-10-8-20-9-11-21)12-4-6-13(7-5-12)16(17,18)19;;/h4-7,14,20H,8-11H2,1-3H3;2*1H/t14-;;/m0../s1. The molecule has 1 fully saturated rings. The first-order valence-corrected chi connectivity index (χ1v) is 7.31. The summed E-state index contributed by atoms with van der Waals surface area (Å²) in [7, 11) is 0. The highest BCUT2D eigenvalue weighted by Crippen LogP contribution is 2.39. The van der Waals surface area contributed by atoms with Gasteiger partial charge in [-0.05, 0) is 23.1 Å². The lowest BCUT2D eigenvalue weighted by Crippen LogP contribution is -2.48. The van der Waals surface area contributed by atoms with Crippen LogP contribution in [0.25, 0.3) is 0 Å². The quantitative estimate of drug-likeness (QED) is 0.819. The Morgan fingerprint density at radius 1 is 0.957 bits per heavy atom. The lowest BCUT2D eigenvalue weighted by Gasteiger charge is -2.42. The summed E-state index contributed by atoms with van der Waals surface area (Å²) in [4.78, 5) is 2.36. The first kappa shape index (κ1) is 22.5. The van der Waals surface area contributed by atoms with Crippen LogP contribution in [0.1, 0.15) is 37.9 Å². The minimum Gasteiger partial charge on any atom is -0.314 e. The van der Waals surface area contributed by atoms with E-state index >= 15 is 0 Å². The van der Waals surface area contributed by atoms with Gasteiger partial charge in [0.05, 0.1) is 5.56 Å². The Labute approximate surface area is 148 Å². The van der Waals surface area contributed by atoms with E-state index in [4.69, 9.17) is 0 Å². The second-order valence-corrected chi connectivity index (χ2v) is 6.67. The molecule has 1 aromatic carbocycles. The Morgan fingerprint density at radius 2 is 1.43 bits per heavy atom. The van der Waals surface area contributed by atoms with Crippen molar-refractivity contribution in [3.05, 3.63) is 35.4 Å². The molecule has 1 aliphatic heterocycles. The van der Waals surface area contributed by atoms with Crippen molar-refractivity contribution in [1.82, 2.24) is 10.2 Å². The lowest BCUT2D eigenvalue weighted by atomic mass is 9.80. The van der Waals surface area contributed by atoms with Crippen LogP contribution in [-0.4, -0.2) is 31.1 Å². The molecule has 23 heavy (non-hydrogen) atoms. The van der Waals surface area contributed by atoms with E-state index in [1.54, 1.807) is 12.1 Å². The third-order valence-corrected chi connectivity index (χ3v) is 3.89. The highest BCUT2D eigenvalue weighted by atomic mass is 35.5. The number of hydrogen-bond acceptors (Lipinski definition) is 2. The van der Waals surface area contributed by atoms with Gasteiger partial charge < -0.3 is 5.32 Å². The van der Waals surface area contributed by atoms with Crippen LogP contribution in [0.3, 0.4) is 0 Å². The smallest absolute Gasteiger partial charge is 0.314 e. The highest BCUT2D eigenvalue weighted by Gasteiger charge is 2.34. The molecule has 0 bridgehead atoms. The van der Waals surface area contributed by atoms with Crippen LogP contribution in [0.15, 0.2) is 24.3 Å². The van der Waals surface area contributed by atoms with Gasteiger partial charge in [-0.2, -0.15) is 13.2 Å². The van der Waals surface area contributed by atoms with Crippen molar-refractivity contribution in [2.75, 3.05) is 26.2 Å². The van der Waals surface area contributed by atoms with Crippen LogP contribution in [-0.2, 0) is 6.18 Å². The zero-order valence-electron chi connectivity index (χ0n) is 13.6. The predicted molar refractivity (Wildman–Crippen MR) is 92.6 cm³/mol. The molecule has 1 aromatic rings. The summed E-state index contributed by atoms with van der Waals surface area (Å²) >= 11 is 0. The van der Waals surface area contributed by atoms with E-state index in [2.05, 4.69) is 31.0 Å². The fourth-order valence-corrected chi connectivity index (χ4v) is 3.05. The molecule has 134 valence electrons. The summed E-state index contributed by atoms with van der Waals surface area (Å²) in [6.45, 7) is 10.1. The number of alkyl halides is 3. The van der Waals surface area contributed by atoms with Crippen molar-refractivity contribution in [3.8, 4) is 0 Å². The molecule has 2 nitrogen and oxygen atoms in total. The summed E-state index contributed by atoms with van der Waals surface area (Å²) in [5.41, 5.74) is 0.341. The SMILES string of the molecule is CC(C)(C)[C@H](c1ccc(C(F)(F)F)cc1)N1CCNCC1.Cl.Cl. The fourth-order valence-electron chi connectivity index (χ4n) is 3.05. The number of halogens is 5. The maximum atomic E-state index is 12.7. The Kier molecular flexibility index (Phi) is 8.38. The van der Waals surface area contributed by atoms with Gasteiger partial charge in [0, 0.05) is 32.2 Å². The Balaban J connectivity index is 0.00000242. The first-order chi connectivity index (χ1) is 9.69. The molecule has 0 radical (unpaired) electrons. The largest absolute Gasteiger partial charge is 0.416 e. The van der Waals surface area contributed by atoms with Crippen LogP contribution in [0.5, 0.6) is 0 Å². The van der Waals surface area contributed by atoms with Crippen LogP contribution in [0.2, 0.25) is 0 Å². The van der Waals surface area contributed by atoms with Crippen molar-refractivity contribution in [1.29, 1.82) is 0 Å². The maximum Gasteiger partial charge on any atom is 0.416 e. The van der Waals surface area contributed by atoms with E-state index in [9.17, 15) is 13.2 Å². The second-order valence-electron chi connectivity index (χ2n) is 6.67. The summed E-state index contributed by atoms with van der Waals surface area (Å²) in [5.74, 6) is 0. The van der Waals surface area contributed by atoms with Crippen LogP contribution in [0.4, 0.5) is 13.2 Å². The zero-order valence-corrected chi connectivity index (χ0v) is 15.2. The molecular formula is C16H25Cl2F3N2. The average Bonchev–Trinajstić information content (AvgIpc) is 2.38. The van der Waals surface area contributed by atoms with E-state index in [-0.39, 0.29) is 36.3 Å². The molecule has 2 rings (SSSR count). The molecule has 0 spiro atoms. The van der Waals surface area contributed by atoms with E-state index < -0.39 is 11.7 Å². The number of hydrogen-bond donors (Lipinski definition) is 1. The molecule has 0 aliphatic carbocycles. The Morgan fingerprint density at radius 3 is 1.83 bits per heavy atom. The molecule has 1 N–H and O–H groups in total. The number of piperazine rings is 1. The summed E-state index contributed by atoms with van der Waals surface area (Å²) in [6.07, 6.45) is -4.27. The molecule has 1 saturated heterocycles. The van der Waals surface area contributed by atoms with Gasteiger partial charge in [0.1, 0.15) is 0 Å². The molecule has 1 heterocycles. The van der Waals surface area contributed by atoms with Gasteiger partial charge >= 0.3 is 6.18 Å². The van der Waals surface area contributed by atoms with Gasteiger partial charge in [0.15, 0.2) is 0 Å². The average molecular weight is 373 g/mol. The summed E-state index contributed by atoms with van der Waals surface area (Å²) < 4.78 is 38.1. The van der Waals surface area contributed by atoms with Crippen LogP contribution >= 0.6 is 24.8 Å². The minimum atomic E-state index is -4.27. The molecule has 1 aliphatic rings. The molecule has 1 atom stereocenters. The maximum absolute atomic E-state index is 12.7. The topological polar surface area (TPSA) is 15.3 Å². The number of nitrogens with one attached hydrogen (secondary N) is 1. The molecule has 0 aromatic heterocycles. The van der Waals surface area contributed by atoms with Crippen LogP contribution < -0.4 is 5.32 Å². The van der Waals surface area contributed by atoms with Gasteiger partial charge in [-0.1, -0.05) is 32.9 Å². The lowest BCUT2D eigenvalue weighted by molar-refractivity contribution is -0.137. The summed E-state index contributed by atoms with van der Waals surface area (Å²) in [6, 6.07) is 5.76. The second kappa shape index (κ2) is 8.56. The number of rotatable bonds is 2. The normalized spacial score (nSPS) is 17.8. The third kappa shape index (κ3) is 5.82. The number of benzene rings is 1. The van der Waals surface area contributed by atoms with Crippen LogP contribution in [0, 0.1) is 5.41 Å². The molecule has 7 heteroatoms. The van der Waals surface area contributed by atoms with Gasteiger partial charge in [0.2, 0.25) is 0 Å². The van der Waals surface area contributed by atoms with Gasteiger partial charge in [-0.25, -0.2) is 0 Å². The third-order valence-electron chi connectivity index (χ3n) is 3.89. The minimum absolute atomic E-state index is 0. The molecule has 0 saturated carbocycles. The van der Waals surface area contributed by atoms with E-state index in [1.807, 2.05) is 0 Å². The van der Waals surface area contributed by atoms with Crippen molar-refractivity contribution >= 4 is 24.8 Å².